The third-order valence-corrected chi connectivity index (χ3v) is 5.18. The number of nitrogens with one attached hydrogen (secondary N) is 1. The summed E-state index contributed by atoms with van der Waals surface area (Å²) in [5.74, 6) is -0.700. The van der Waals surface area contributed by atoms with Crippen molar-refractivity contribution in [3.63, 3.8) is 0 Å². The molecule has 0 aromatic carbocycles. The average molecular weight is 296 g/mol. The fourth-order valence-corrected chi connectivity index (χ4v) is 3.11. The maximum atomic E-state index is 11.5. The van der Waals surface area contributed by atoms with E-state index in [1.807, 2.05) is 6.92 Å². The van der Waals surface area contributed by atoms with E-state index in [1.54, 1.807) is 0 Å². The Morgan fingerprint density at radius 1 is 1.29 bits per heavy atom. The molecule has 122 valence electrons. The van der Waals surface area contributed by atoms with Gasteiger partial charge < -0.3 is 10.0 Å². The second-order valence-corrected chi connectivity index (χ2v) is 8.02. The molecule has 2 fully saturated rings. The molecule has 0 radical (unpaired) electrons. The number of carbonyl (C=O) groups is 1. The maximum absolute atomic E-state index is 11.5. The molecule has 0 amide bonds. The number of unbranched alkanes of at least 4 members (excludes halogenated alkanes) is 1. The summed E-state index contributed by atoms with van der Waals surface area (Å²) >= 11 is 0. The molecule has 21 heavy (non-hydrogen) atoms. The number of piperidine rings is 1. The van der Waals surface area contributed by atoms with Gasteiger partial charge in [-0.2, -0.15) is 0 Å². The predicted octanol–water partition coefficient (Wildman–Crippen LogP) is 2.87. The molecule has 1 heterocycles. The van der Waals surface area contributed by atoms with Crippen LogP contribution in [0, 0.1) is 5.41 Å². The SMILES string of the molecule is CC1(C)CCN(CCCCC(C)(NC2CC2)C(=O)O)CC1. The van der Waals surface area contributed by atoms with Crippen molar-refractivity contribution in [2.24, 2.45) is 5.41 Å². The summed E-state index contributed by atoms with van der Waals surface area (Å²) in [4.78, 5) is 14.0. The number of likely N-dealkylation sites (tertiary alicyclic amines) is 1. The zero-order chi connectivity index (χ0) is 15.5. The summed E-state index contributed by atoms with van der Waals surface area (Å²) in [5.41, 5.74) is -0.225. The van der Waals surface area contributed by atoms with Crippen LogP contribution < -0.4 is 5.32 Å². The number of rotatable bonds is 8. The fourth-order valence-electron chi connectivity index (χ4n) is 3.11. The summed E-state index contributed by atoms with van der Waals surface area (Å²) in [6, 6.07) is 0.440. The van der Waals surface area contributed by atoms with Gasteiger partial charge in [-0.05, 0) is 76.9 Å². The monoisotopic (exact) mass is 296 g/mol. The summed E-state index contributed by atoms with van der Waals surface area (Å²) in [6.45, 7) is 10.1. The van der Waals surface area contributed by atoms with Crippen molar-refractivity contribution in [1.29, 1.82) is 0 Å². The van der Waals surface area contributed by atoms with Crippen molar-refractivity contribution in [3.05, 3.63) is 0 Å². The third kappa shape index (κ3) is 5.26. The summed E-state index contributed by atoms with van der Waals surface area (Å²) in [6.07, 6.45) is 7.65. The van der Waals surface area contributed by atoms with Gasteiger partial charge in [-0.15, -0.1) is 0 Å². The van der Waals surface area contributed by atoms with Crippen LogP contribution >= 0.6 is 0 Å². The molecule has 1 atom stereocenters. The molecule has 1 saturated heterocycles. The molecule has 0 spiro atoms. The molecule has 1 aliphatic heterocycles. The predicted molar refractivity (Wildman–Crippen MR) is 85.5 cm³/mol. The Hall–Kier alpha value is -0.610. The largest absolute Gasteiger partial charge is 0.480 e. The Balaban J connectivity index is 1.65. The van der Waals surface area contributed by atoms with Crippen LogP contribution in [0.1, 0.15) is 65.7 Å². The highest BCUT2D eigenvalue weighted by Crippen LogP contribution is 2.30. The number of carboxylic acids is 1. The lowest BCUT2D eigenvalue weighted by molar-refractivity contribution is -0.144. The van der Waals surface area contributed by atoms with Gasteiger partial charge in [0.15, 0.2) is 0 Å². The van der Waals surface area contributed by atoms with Gasteiger partial charge >= 0.3 is 5.97 Å². The van der Waals surface area contributed by atoms with Crippen LogP contribution in [-0.4, -0.2) is 47.2 Å². The standard InChI is InChI=1S/C17H32N2O2/c1-16(2)9-12-19(13-10-16)11-5-4-8-17(3,15(20)21)18-14-6-7-14/h14,18H,4-13H2,1-3H3,(H,20,21). The second-order valence-electron chi connectivity index (χ2n) is 8.02. The van der Waals surface area contributed by atoms with Gasteiger partial charge in [-0.3, -0.25) is 10.1 Å². The maximum Gasteiger partial charge on any atom is 0.323 e. The fraction of sp³-hybridized carbons (Fsp3) is 0.941. The molecule has 0 aromatic rings. The molecule has 4 heteroatoms. The van der Waals surface area contributed by atoms with E-state index in [4.69, 9.17) is 0 Å². The molecule has 2 N–H and O–H groups in total. The van der Waals surface area contributed by atoms with Crippen LogP contribution in [0.25, 0.3) is 0 Å². The minimum absolute atomic E-state index is 0.440. The van der Waals surface area contributed by atoms with Gasteiger partial charge in [0.05, 0.1) is 0 Å². The lowest BCUT2D eigenvalue weighted by atomic mass is 9.82. The lowest BCUT2D eigenvalue weighted by Gasteiger charge is -2.37. The number of hydrogen-bond donors (Lipinski definition) is 2. The Morgan fingerprint density at radius 2 is 1.90 bits per heavy atom. The van der Waals surface area contributed by atoms with E-state index in [0.717, 1.165) is 38.6 Å². The van der Waals surface area contributed by atoms with E-state index in [2.05, 4.69) is 24.1 Å². The van der Waals surface area contributed by atoms with Crippen molar-refractivity contribution in [3.8, 4) is 0 Å². The van der Waals surface area contributed by atoms with Crippen LogP contribution in [0.3, 0.4) is 0 Å². The van der Waals surface area contributed by atoms with E-state index < -0.39 is 11.5 Å². The van der Waals surface area contributed by atoms with Gasteiger partial charge in [0, 0.05) is 6.04 Å². The van der Waals surface area contributed by atoms with Crippen LogP contribution in [0.2, 0.25) is 0 Å². The molecule has 0 bridgehead atoms. The van der Waals surface area contributed by atoms with Crippen molar-refractivity contribution in [1.82, 2.24) is 10.2 Å². The van der Waals surface area contributed by atoms with E-state index in [0.29, 0.717) is 11.5 Å². The first-order valence-electron chi connectivity index (χ1n) is 8.54. The molecule has 2 rings (SSSR count). The number of aliphatic carboxylic acids is 1. The lowest BCUT2D eigenvalue weighted by Crippen LogP contribution is -2.50. The Kier molecular flexibility index (Phi) is 5.31. The van der Waals surface area contributed by atoms with Crippen molar-refractivity contribution in [2.75, 3.05) is 19.6 Å². The zero-order valence-electron chi connectivity index (χ0n) is 14.0. The van der Waals surface area contributed by atoms with Gasteiger partial charge in [0.25, 0.3) is 0 Å². The molecule has 1 saturated carbocycles. The molecule has 4 nitrogen and oxygen atoms in total. The third-order valence-electron chi connectivity index (χ3n) is 5.18. The summed E-state index contributed by atoms with van der Waals surface area (Å²) in [7, 11) is 0. The Labute approximate surface area is 129 Å². The minimum atomic E-state index is -0.731. The Bertz CT molecular complexity index is 356. The molecule has 0 aromatic heterocycles. The average Bonchev–Trinajstić information content (AvgIpc) is 3.20. The Morgan fingerprint density at radius 3 is 2.43 bits per heavy atom. The number of nitrogens with zero attached hydrogens (tertiary/aromatic N) is 1. The van der Waals surface area contributed by atoms with Crippen molar-refractivity contribution < 1.29 is 9.90 Å². The second kappa shape index (κ2) is 6.66. The first kappa shape index (κ1) is 16.8. The number of hydrogen-bond acceptors (Lipinski definition) is 3. The highest BCUT2D eigenvalue weighted by Gasteiger charge is 2.37. The molecular formula is C17H32N2O2. The topological polar surface area (TPSA) is 52.6 Å². The van der Waals surface area contributed by atoms with E-state index in [1.165, 1.54) is 25.9 Å². The van der Waals surface area contributed by atoms with Gasteiger partial charge in [0.2, 0.25) is 0 Å². The molecule has 1 unspecified atom stereocenters. The van der Waals surface area contributed by atoms with Crippen molar-refractivity contribution >= 4 is 5.97 Å². The highest BCUT2D eigenvalue weighted by atomic mass is 16.4. The molecule has 2 aliphatic rings. The van der Waals surface area contributed by atoms with Crippen LogP contribution in [0.4, 0.5) is 0 Å². The van der Waals surface area contributed by atoms with Crippen molar-refractivity contribution in [2.45, 2.75) is 77.3 Å². The van der Waals surface area contributed by atoms with Gasteiger partial charge in [0.1, 0.15) is 5.54 Å². The molecular weight excluding hydrogens is 264 g/mol. The summed E-state index contributed by atoms with van der Waals surface area (Å²) in [5, 5.41) is 12.7. The smallest absolute Gasteiger partial charge is 0.323 e. The first-order chi connectivity index (χ1) is 9.81. The summed E-state index contributed by atoms with van der Waals surface area (Å²) < 4.78 is 0. The normalized spacial score (nSPS) is 25.5. The first-order valence-corrected chi connectivity index (χ1v) is 8.54. The molecule has 1 aliphatic carbocycles. The number of carboxylic acid groups (broad SMARTS) is 1. The van der Waals surface area contributed by atoms with Gasteiger partial charge in [-0.1, -0.05) is 13.8 Å². The highest BCUT2D eigenvalue weighted by molar-refractivity contribution is 5.78. The van der Waals surface area contributed by atoms with Gasteiger partial charge in [-0.25, -0.2) is 0 Å². The van der Waals surface area contributed by atoms with Crippen LogP contribution in [-0.2, 0) is 4.79 Å². The zero-order valence-corrected chi connectivity index (χ0v) is 14.0. The van der Waals surface area contributed by atoms with E-state index in [9.17, 15) is 9.90 Å². The van der Waals surface area contributed by atoms with E-state index in [-0.39, 0.29) is 0 Å². The quantitative estimate of drug-likeness (QED) is 0.676. The van der Waals surface area contributed by atoms with Crippen LogP contribution in [0.5, 0.6) is 0 Å². The van der Waals surface area contributed by atoms with E-state index >= 15 is 0 Å². The minimum Gasteiger partial charge on any atom is -0.480 e. The van der Waals surface area contributed by atoms with Crippen LogP contribution in [0.15, 0.2) is 0 Å².